The molecule has 1 fully saturated rings. The Bertz CT molecular complexity index is 457. The molecule has 1 aliphatic rings. The van der Waals surface area contributed by atoms with Gasteiger partial charge in [-0.15, -0.1) is 0 Å². The van der Waals surface area contributed by atoms with Gasteiger partial charge in [0.25, 0.3) is 0 Å². The third-order valence-electron chi connectivity index (χ3n) is 3.01. The van der Waals surface area contributed by atoms with Crippen molar-refractivity contribution in [2.75, 3.05) is 6.54 Å². The summed E-state index contributed by atoms with van der Waals surface area (Å²) in [6.07, 6.45) is -0.143. The molecule has 0 bridgehead atoms. The van der Waals surface area contributed by atoms with Crippen molar-refractivity contribution in [2.45, 2.75) is 25.0 Å². The van der Waals surface area contributed by atoms with Gasteiger partial charge >= 0.3 is 12.2 Å². The van der Waals surface area contributed by atoms with E-state index in [0.29, 0.717) is 0 Å². The lowest BCUT2D eigenvalue weighted by atomic mass is 10.2. The molecule has 6 heteroatoms. The second-order valence-corrected chi connectivity index (χ2v) is 4.63. The molecule has 1 saturated carbocycles. The molecule has 19 heavy (non-hydrogen) atoms. The number of alkyl carbamates (subject to hydrolysis) is 1. The number of amides is 2. The van der Waals surface area contributed by atoms with Gasteiger partial charge in [0.15, 0.2) is 0 Å². The summed E-state index contributed by atoms with van der Waals surface area (Å²) in [5.41, 5.74) is 0.403. The Labute approximate surface area is 110 Å². The molecule has 0 saturated heterocycles. The van der Waals surface area contributed by atoms with Crippen molar-refractivity contribution in [3.8, 4) is 0 Å². The topological polar surface area (TPSA) is 87.7 Å². The lowest BCUT2D eigenvalue weighted by Gasteiger charge is -2.15. The van der Waals surface area contributed by atoms with E-state index < -0.39 is 17.7 Å². The van der Waals surface area contributed by atoms with Gasteiger partial charge in [-0.05, 0) is 18.4 Å². The molecule has 1 aromatic carbocycles. The van der Waals surface area contributed by atoms with E-state index in [4.69, 9.17) is 9.84 Å². The van der Waals surface area contributed by atoms with E-state index in [1.54, 1.807) is 0 Å². The van der Waals surface area contributed by atoms with Crippen LogP contribution in [-0.4, -0.2) is 29.4 Å². The van der Waals surface area contributed by atoms with Crippen molar-refractivity contribution in [2.24, 2.45) is 0 Å². The molecule has 1 aromatic rings. The molecule has 0 atom stereocenters. The molecule has 0 unspecified atom stereocenters. The van der Waals surface area contributed by atoms with Gasteiger partial charge in [0.05, 0.1) is 5.54 Å². The summed E-state index contributed by atoms with van der Waals surface area (Å²) in [6.45, 7) is 0.457. The zero-order valence-corrected chi connectivity index (χ0v) is 10.4. The van der Waals surface area contributed by atoms with Crippen LogP contribution in [0.4, 0.5) is 9.59 Å². The average molecular weight is 264 g/mol. The molecular formula is C13H16N2O4. The van der Waals surface area contributed by atoms with Crippen LogP contribution in [0.15, 0.2) is 30.3 Å². The summed E-state index contributed by atoms with van der Waals surface area (Å²) in [4.78, 5) is 22.0. The van der Waals surface area contributed by atoms with Gasteiger partial charge in [0, 0.05) is 6.54 Å². The molecule has 3 N–H and O–H groups in total. The number of carboxylic acid groups (broad SMARTS) is 1. The third-order valence-corrected chi connectivity index (χ3v) is 3.01. The summed E-state index contributed by atoms with van der Waals surface area (Å²) in [6, 6.07) is 9.35. The number of hydrogen-bond acceptors (Lipinski definition) is 3. The highest BCUT2D eigenvalue weighted by Gasteiger charge is 2.44. The predicted molar refractivity (Wildman–Crippen MR) is 67.8 cm³/mol. The van der Waals surface area contributed by atoms with E-state index in [0.717, 1.165) is 18.4 Å². The second kappa shape index (κ2) is 5.60. The number of ether oxygens (including phenoxy) is 1. The Morgan fingerprint density at radius 3 is 2.53 bits per heavy atom. The van der Waals surface area contributed by atoms with Crippen LogP contribution in [0.2, 0.25) is 0 Å². The predicted octanol–water partition coefficient (Wildman–Crippen LogP) is 1.71. The molecule has 102 valence electrons. The highest BCUT2D eigenvalue weighted by Crippen LogP contribution is 2.34. The van der Waals surface area contributed by atoms with Crippen LogP contribution in [0.25, 0.3) is 0 Å². The van der Waals surface area contributed by atoms with Crippen LogP contribution >= 0.6 is 0 Å². The number of carbonyl (C=O) groups excluding carboxylic acids is 1. The average Bonchev–Trinajstić information content (AvgIpc) is 3.14. The van der Waals surface area contributed by atoms with Crippen molar-refractivity contribution in [3.63, 3.8) is 0 Å². The molecule has 2 amide bonds. The summed E-state index contributed by atoms with van der Waals surface area (Å²) in [5, 5.41) is 13.6. The zero-order valence-electron chi connectivity index (χ0n) is 10.4. The molecule has 0 spiro atoms. The Hall–Kier alpha value is -2.24. The fourth-order valence-electron chi connectivity index (χ4n) is 1.74. The van der Waals surface area contributed by atoms with E-state index in [9.17, 15) is 9.59 Å². The monoisotopic (exact) mass is 264 g/mol. The van der Waals surface area contributed by atoms with E-state index in [-0.39, 0.29) is 13.2 Å². The van der Waals surface area contributed by atoms with Gasteiger partial charge in [0.1, 0.15) is 6.61 Å². The Morgan fingerprint density at radius 1 is 1.26 bits per heavy atom. The lowest BCUT2D eigenvalue weighted by Crippen LogP contribution is -2.45. The Kier molecular flexibility index (Phi) is 3.89. The van der Waals surface area contributed by atoms with Crippen molar-refractivity contribution in [1.29, 1.82) is 0 Å². The summed E-state index contributed by atoms with van der Waals surface area (Å²) in [5.74, 6) is 0. The fraction of sp³-hybridized carbons (Fsp3) is 0.385. The number of nitrogens with one attached hydrogen (secondary N) is 2. The SMILES string of the molecule is O=C(O)NC1(CNC(=O)OCc2ccccc2)CC1. The Morgan fingerprint density at radius 2 is 1.95 bits per heavy atom. The van der Waals surface area contributed by atoms with Crippen LogP contribution in [0, 0.1) is 0 Å². The van der Waals surface area contributed by atoms with E-state index in [2.05, 4.69) is 10.6 Å². The highest BCUT2D eigenvalue weighted by molar-refractivity contribution is 5.69. The number of carbonyl (C=O) groups is 2. The van der Waals surface area contributed by atoms with E-state index in [1.165, 1.54) is 0 Å². The summed E-state index contributed by atoms with van der Waals surface area (Å²) in [7, 11) is 0. The fourth-order valence-corrected chi connectivity index (χ4v) is 1.74. The lowest BCUT2D eigenvalue weighted by molar-refractivity contribution is 0.137. The Balaban J connectivity index is 1.69. The third kappa shape index (κ3) is 4.17. The molecule has 0 aromatic heterocycles. The molecular weight excluding hydrogens is 248 g/mol. The minimum atomic E-state index is -1.07. The van der Waals surface area contributed by atoms with Gasteiger partial charge in [-0.2, -0.15) is 0 Å². The van der Waals surface area contributed by atoms with Gasteiger partial charge in [-0.25, -0.2) is 9.59 Å². The minimum absolute atomic E-state index is 0.200. The highest BCUT2D eigenvalue weighted by atomic mass is 16.5. The smallest absolute Gasteiger partial charge is 0.407 e. The summed E-state index contributed by atoms with van der Waals surface area (Å²) >= 11 is 0. The first-order chi connectivity index (χ1) is 9.10. The van der Waals surface area contributed by atoms with Crippen LogP contribution in [0.3, 0.4) is 0 Å². The standard InChI is InChI=1S/C13H16N2O4/c16-11(17)15-13(6-7-13)9-14-12(18)19-8-10-4-2-1-3-5-10/h1-5,15H,6-9H2,(H,14,18)(H,16,17). The zero-order chi connectivity index (χ0) is 13.7. The van der Waals surface area contributed by atoms with Gasteiger partial charge in [0.2, 0.25) is 0 Å². The second-order valence-electron chi connectivity index (χ2n) is 4.63. The van der Waals surface area contributed by atoms with Crippen molar-refractivity contribution < 1.29 is 19.4 Å². The van der Waals surface area contributed by atoms with Crippen molar-refractivity contribution >= 4 is 12.2 Å². The van der Waals surface area contributed by atoms with Crippen LogP contribution < -0.4 is 10.6 Å². The van der Waals surface area contributed by atoms with Gasteiger partial charge in [-0.1, -0.05) is 30.3 Å². The normalized spacial score (nSPS) is 15.4. The largest absolute Gasteiger partial charge is 0.465 e. The maximum atomic E-state index is 11.5. The van der Waals surface area contributed by atoms with E-state index in [1.807, 2.05) is 30.3 Å². The van der Waals surface area contributed by atoms with Gasteiger partial charge < -0.3 is 20.5 Å². The quantitative estimate of drug-likeness (QED) is 0.755. The molecule has 0 radical (unpaired) electrons. The maximum Gasteiger partial charge on any atom is 0.407 e. The van der Waals surface area contributed by atoms with Crippen molar-refractivity contribution in [1.82, 2.24) is 10.6 Å². The molecule has 0 heterocycles. The molecule has 1 aliphatic carbocycles. The minimum Gasteiger partial charge on any atom is -0.465 e. The first-order valence-electron chi connectivity index (χ1n) is 6.05. The van der Waals surface area contributed by atoms with Crippen molar-refractivity contribution in [3.05, 3.63) is 35.9 Å². The number of hydrogen-bond donors (Lipinski definition) is 3. The van der Waals surface area contributed by atoms with Crippen LogP contribution in [-0.2, 0) is 11.3 Å². The molecule has 2 rings (SSSR count). The van der Waals surface area contributed by atoms with Crippen LogP contribution in [0.5, 0.6) is 0 Å². The number of benzene rings is 1. The first-order valence-corrected chi connectivity index (χ1v) is 6.05. The van der Waals surface area contributed by atoms with E-state index >= 15 is 0 Å². The summed E-state index contributed by atoms with van der Waals surface area (Å²) < 4.78 is 5.03. The first kappa shape index (κ1) is 13.2. The number of rotatable bonds is 5. The van der Waals surface area contributed by atoms with Gasteiger partial charge in [-0.3, -0.25) is 0 Å². The molecule has 6 nitrogen and oxygen atoms in total. The molecule has 0 aliphatic heterocycles. The van der Waals surface area contributed by atoms with Crippen LogP contribution in [0.1, 0.15) is 18.4 Å². The maximum absolute atomic E-state index is 11.5.